The predicted octanol–water partition coefficient (Wildman–Crippen LogP) is 3.92. The molecule has 0 aliphatic rings. The summed E-state index contributed by atoms with van der Waals surface area (Å²) >= 11 is 0. The van der Waals surface area contributed by atoms with Crippen LogP contribution in [0.5, 0.6) is 0 Å². The van der Waals surface area contributed by atoms with E-state index in [1.165, 1.54) is 0 Å². The molecular weight excluding hydrogens is 223 g/mol. The van der Waals surface area contributed by atoms with Gasteiger partial charge in [0.25, 0.3) is 0 Å². The van der Waals surface area contributed by atoms with Gasteiger partial charge in [0.05, 0.1) is 0 Å². The highest BCUT2D eigenvalue weighted by atomic mass is 31.2. The average Bonchev–Trinajstić information content (AvgIpc) is 1.70. The fraction of sp³-hybridized carbons (Fsp3) is 0.833. The highest BCUT2D eigenvalue weighted by Gasteiger charge is 2.26. The van der Waals surface area contributed by atoms with Crippen molar-refractivity contribution in [3.8, 4) is 0 Å². The van der Waals surface area contributed by atoms with Crippen molar-refractivity contribution in [3.63, 3.8) is 0 Å². The molecule has 0 aromatic rings. The van der Waals surface area contributed by atoms with Crippen molar-refractivity contribution in [2.45, 2.75) is 54.4 Å². The van der Waals surface area contributed by atoms with E-state index in [0.717, 1.165) is 24.2 Å². The second kappa shape index (κ2) is 5.03. The molecule has 0 bridgehead atoms. The first-order valence-corrected chi connectivity index (χ1v) is 7.23. The molecule has 2 N–H and O–H groups in total. The molecule has 3 nitrogen and oxygen atoms in total. The maximum atomic E-state index is 10.8. The van der Waals surface area contributed by atoms with E-state index in [1.54, 1.807) is 6.92 Å². The summed E-state index contributed by atoms with van der Waals surface area (Å²) in [6, 6.07) is 0. The Morgan fingerprint density at radius 2 is 1.62 bits per heavy atom. The van der Waals surface area contributed by atoms with Crippen molar-refractivity contribution in [1.82, 2.24) is 0 Å². The fourth-order valence-electron chi connectivity index (χ4n) is 2.59. The van der Waals surface area contributed by atoms with Crippen molar-refractivity contribution in [2.24, 2.45) is 10.8 Å². The topological polar surface area (TPSA) is 57.5 Å². The van der Waals surface area contributed by atoms with Crippen LogP contribution >= 0.6 is 7.60 Å². The van der Waals surface area contributed by atoms with Crippen LogP contribution in [0.4, 0.5) is 0 Å². The zero-order chi connectivity index (χ0) is 13.2. The van der Waals surface area contributed by atoms with Gasteiger partial charge in [0.1, 0.15) is 0 Å². The van der Waals surface area contributed by atoms with Gasteiger partial charge in [-0.25, -0.2) is 0 Å². The summed E-state index contributed by atoms with van der Waals surface area (Å²) in [7, 11) is -4.02. The van der Waals surface area contributed by atoms with Crippen LogP contribution < -0.4 is 0 Å². The molecule has 0 spiro atoms. The lowest BCUT2D eigenvalue weighted by molar-refractivity contribution is 0.211. The van der Waals surface area contributed by atoms with Gasteiger partial charge in [0.15, 0.2) is 0 Å². The smallest absolute Gasteiger partial charge is 0.321 e. The van der Waals surface area contributed by atoms with Crippen LogP contribution in [0.1, 0.15) is 54.4 Å². The number of allylic oxidation sites excluding steroid dienone is 1. The lowest BCUT2D eigenvalue weighted by Gasteiger charge is -2.32. The van der Waals surface area contributed by atoms with Crippen LogP contribution in [-0.2, 0) is 4.57 Å². The van der Waals surface area contributed by atoms with E-state index >= 15 is 0 Å². The Bertz CT molecular complexity index is 305. The average molecular weight is 248 g/mol. The van der Waals surface area contributed by atoms with E-state index in [2.05, 4.69) is 34.6 Å². The number of hydrogen-bond donors (Lipinski definition) is 2. The zero-order valence-electron chi connectivity index (χ0n) is 11.2. The number of hydrogen-bond acceptors (Lipinski definition) is 1. The van der Waals surface area contributed by atoms with E-state index < -0.39 is 7.60 Å². The third kappa shape index (κ3) is 9.14. The van der Waals surface area contributed by atoms with Gasteiger partial charge in [-0.15, -0.1) is 0 Å². The molecule has 0 aromatic heterocycles. The Hall–Kier alpha value is -0.110. The highest BCUT2D eigenvalue weighted by molar-refractivity contribution is 7.55. The largest absolute Gasteiger partial charge is 0.349 e. The summed E-state index contributed by atoms with van der Waals surface area (Å²) < 4.78 is 10.8. The molecule has 0 unspecified atom stereocenters. The SMILES string of the molecule is CC(=CP(=O)(O)O)CC(C)(C)CC(C)(C)C. The van der Waals surface area contributed by atoms with E-state index in [0.29, 0.717) is 0 Å². The van der Waals surface area contributed by atoms with E-state index in [9.17, 15) is 4.57 Å². The third-order valence-corrected chi connectivity index (χ3v) is 2.93. The lowest BCUT2D eigenvalue weighted by Crippen LogP contribution is -2.20. The van der Waals surface area contributed by atoms with Gasteiger partial charge in [0, 0.05) is 5.82 Å². The van der Waals surface area contributed by atoms with Gasteiger partial charge >= 0.3 is 7.60 Å². The van der Waals surface area contributed by atoms with Crippen molar-refractivity contribution in [1.29, 1.82) is 0 Å². The Balaban J connectivity index is 4.61. The number of rotatable bonds is 4. The first kappa shape index (κ1) is 15.9. The second-order valence-corrected chi connectivity index (χ2v) is 8.08. The van der Waals surface area contributed by atoms with Gasteiger partial charge in [0.2, 0.25) is 0 Å². The monoisotopic (exact) mass is 248 g/mol. The molecule has 0 rings (SSSR count). The molecule has 0 saturated heterocycles. The van der Waals surface area contributed by atoms with Gasteiger partial charge in [-0.1, -0.05) is 40.2 Å². The Labute approximate surface area is 99.1 Å². The standard InChI is InChI=1S/C12H25O3P/c1-10(8-16(13,14)15)7-12(5,6)9-11(2,3)4/h8H,7,9H2,1-6H3,(H2,13,14,15). The van der Waals surface area contributed by atoms with Gasteiger partial charge in [-0.05, 0) is 30.6 Å². The maximum absolute atomic E-state index is 10.8. The summed E-state index contributed by atoms with van der Waals surface area (Å²) in [6.07, 6.45) is 1.74. The van der Waals surface area contributed by atoms with Crippen LogP contribution in [0, 0.1) is 10.8 Å². The molecule has 0 atom stereocenters. The molecule has 4 heteroatoms. The summed E-state index contributed by atoms with van der Waals surface area (Å²) in [5.74, 6) is 1.08. The van der Waals surface area contributed by atoms with Gasteiger partial charge in [-0.2, -0.15) is 0 Å². The Kier molecular flexibility index (Phi) is 5.00. The Morgan fingerprint density at radius 3 is 1.94 bits per heavy atom. The molecule has 96 valence electrons. The minimum Gasteiger partial charge on any atom is -0.321 e. The molecule has 0 heterocycles. The van der Waals surface area contributed by atoms with Crippen molar-refractivity contribution in [2.75, 3.05) is 0 Å². The minimum atomic E-state index is -4.02. The normalized spacial score (nSPS) is 15.4. The second-order valence-electron chi connectivity index (χ2n) is 6.64. The summed E-state index contributed by atoms with van der Waals surface area (Å²) in [5, 5.41) is 0. The molecule has 0 aliphatic carbocycles. The van der Waals surface area contributed by atoms with E-state index in [4.69, 9.17) is 9.79 Å². The lowest BCUT2D eigenvalue weighted by atomic mass is 9.73. The van der Waals surface area contributed by atoms with Crippen LogP contribution in [-0.4, -0.2) is 9.79 Å². The Morgan fingerprint density at radius 1 is 1.19 bits per heavy atom. The highest BCUT2D eigenvalue weighted by Crippen LogP contribution is 2.42. The van der Waals surface area contributed by atoms with Crippen LogP contribution in [0.2, 0.25) is 0 Å². The van der Waals surface area contributed by atoms with Crippen molar-refractivity contribution >= 4 is 7.60 Å². The van der Waals surface area contributed by atoms with Crippen LogP contribution in [0.25, 0.3) is 0 Å². The molecular formula is C12H25O3P. The maximum Gasteiger partial charge on any atom is 0.349 e. The summed E-state index contributed by atoms with van der Waals surface area (Å²) in [5.41, 5.74) is 1.06. The fourth-order valence-corrected chi connectivity index (χ4v) is 3.25. The van der Waals surface area contributed by atoms with Crippen molar-refractivity contribution < 1.29 is 14.4 Å². The molecule has 0 amide bonds. The third-order valence-electron chi connectivity index (χ3n) is 2.15. The quantitative estimate of drug-likeness (QED) is 0.741. The van der Waals surface area contributed by atoms with Gasteiger partial charge < -0.3 is 9.79 Å². The first-order chi connectivity index (χ1) is 6.81. The minimum absolute atomic E-state index is 0.0635. The molecule has 0 saturated carbocycles. The molecule has 0 aliphatic heterocycles. The molecule has 16 heavy (non-hydrogen) atoms. The van der Waals surface area contributed by atoms with Crippen LogP contribution in [0.3, 0.4) is 0 Å². The first-order valence-electron chi connectivity index (χ1n) is 5.54. The molecule has 0 aromatic carbocycles. The zero-order valence-corrected chi connectivity index (χ0v) is 12.1. The van der Waals surface area contributed by atoms with Gasteiger partial charge in [-0.3, -0.25) is 4.57 Å². The summed E-state index contributed by atoms with van der Waals surface area (Å²) in [6.45, 7) is 12.6. The van der Waals surface area contributed by atoms with E-state index in [-0.39, 0.29) is 10.8 Å². The van der Waals surface area contributed by atoms with Crippen molar-refractivity contribution in [3.05, 3.63) is 11.4 Å². The summed E-state index contributed by atoms with van der Waals surface area (Å²) in [4.78, 5) is 17.7. The van der Waals surface area contributed by atoms with Crippen LogP contribution in [0.15, 0.2) is 11.4 Å². The van der Waals surface area contributed by atoms with E-state index in [1.807, 2.05) is 0 Å². The molecule has 0 fully saturated rings. The molecule has 0 radical (unpaired) electrons. The predicted molar refractivity (Wildman–Crippen MR) is 68.3 cm³/mol.